The Morgan fingerprint density at radius 1 is 0.909 bits per heavy atom. The second-order valence-corrected chi connectivity index (χ2v) is 7.43. The molecular formula is C26H22N2O5. The van der Waals surface area contributed by atoms with Crippen LogP contribution in [0.15, 0.2) is 95.5 Å². The Balaban J connectivity index is 1.38. The van der Waals surface area contributed by atoms with Crippen molar-refractivity contribution in [3.8, 4) is 17.1 Å². The molecule has 0 fully saturated rings. The van der Waals surface area contributed by atoms with Gasteiger partial charge in [-0.2, -0.15) is 0 Å². The van der Waals surface area contributed by atoms with E-state index >= 15 is 0 Å². The Morgan fingerprint density at radius 2 is 1.55 bits per heavy atom. The number of nitrogens with zero attached hydrogens (tertiary/aromatic N) is 1. The molecule has 7 heteroatoms. The zero-order chi connectivity index (χ0) is 23.0. The van der Waals surface area contributed by atoms with Crippen LogP contribution in [0.25, 0.3) is 11.3 Å². The van der Waals surface area contributed by atoms with Crippen molar-refractivity contribution in [3.63, 3.8) is 0 Å². The monoisotopic (exact) mass is 442 g/mol. The molecule has 0 saturated heterocycles. The number of aliphatic carboxylic acids is 1. The third-order valence-corrected chi connectivity index (χ3v) is 5.02. The van der Waals surface area contributed by atoms with Crippen LogP contribution < -0.4 is 10.1 Å². The van der Waals surface area contributed by atoms with Gasteiger partial charge in [-0.1, -0.05) is 65.8 Å². The number of amides is 1. The van der Waals surface area contributed by atoms with Crippen molar-refractivity contribution in [1.29, 1.82) is 0 Å². The zero-order valence-electron chi connectivity index (χ0n) is 17.7. The van der Waals surface area contributed by atoms with Gasteiger partial charge < -0.3 is 19.7 Å². The number of carboxylic acids is 1. The minimum absolute atomic E-state index is 0.00807. The molecule has 0 spiro atoms. The molecule has 2 N–H and O–H groups in total. The van der Waals surface area contributed by atoms with Gasteiger partial charge >= 0.3 is 5.97 Å². The van der Waals surface area contributed by atoms with Crippen LogP contribution in [-0.2, 0) is 17.8 Å². The Labute approximate surface area is 190 Å². The molecular weight excluding hydrogens is 420 g/mol. The molecule has 0 aliphatic carbocycles. The van der Waals surface area contributed by atoms with Crippen molar-refractivity contribution < 1.29 is 24.0 Å². The van der Waals surface area contributed by atoms with Gasteiger partial charge in [0.05, 0.1) is 0 Å². The third kappa shape index (κ3) is 5.86. The van der Waals surface area contributed by atoms with Crippen molar-refractivity contribution in [3.05, 3.63) is 108 Å². The Hall–Kier alpha value is -4.39. The number of hydrogen-bond acceptors (Lipinski definition) is 5. The van der Waals surface area contributed by atoms with E-state index in [9.17, 15) is 14.7 Å². The Bertz CT molecular complexity index is 1200. The van der Waals surface area contributed by atoms with Crippen LogP contribution in [0.2, 0.25) is 0 Å². The number of hydrogen-bond donors (Lipinski definition) is 2. The highest BCUT2D eigenvalue weighted by Crippen LogP contribution is 2.24. The summed E-state index contributed by atoms with van der Waals surface area (Å²) in [6.45, 7) is 0.459. The molecule has 4 aromatic rings. The molecule has 7 nitrogen and oxygen atoms in total. The van der Waals surface area contributed by atoms with Crippen LogP contribution in [-0.4, -0.2) is 28.2 Å². The largest absolute Gasteiger partial charge is 0.489 e. The predicted molar refractivity (Wildman–Crippen MR) is 122 cm³/mol. The molecule has 0 radical (unpaired) electrons. The van der Waals surface area contributed by atoms with E-state index in [0.29, 0.717) is 23.7 Å². The number of carbonyl (C=O) groups is 2. The first-order chi connectivity index (χ1) is 16.1. The number of ether oxygens (including phenoxy) is 1. The Kier molecular flexibility index (Phi) is 6.80. The summed E-state index contributed by atoms with van der Waals surface area (Å²) in [7, 11) is 0. The minimum atomic E-state index is -1.12. The molecule has 1 aromatic heterocycles. The first-order valence-corrected chi connectivity index (χ1v) is 10.4. The van der Waals surface area contributed by atoms with Crippen molar-refractivity contribution >= 4 is 11.9 Å². The number of benzene rings is 3. The average Bonchev–Trinajstić information content (AvgIpc) is 3.34. The first-order valence-electron chi connectivity index (χ1n) is 10.4. The SMILES string of the molecule is O=C(NC(Cc1ccccc1)C(=O)O)c1cc(-c2ccc(OCc3ccccc3)cc2)on1. The summed E-state index contributed by atoms with van der Waals surface area (Å²) < 4.78 is 11.1. The Morgan fingerprint density at radius 3 is 2.18 bits per heavy atom. The van der Waals surface area contributed by atoms with E-state index in [1.807, 2.05) is 60.7 Å². The van der Waals surface area contributed by atoms with Gasteiger partial charge in [-0.3, -0.25) is 4.79 Å². The lowest BCUT2D eigenvalue weighted by molar-refractivity contribution is -0.139. The number of carboxylic acid groups (broad SMARTS) is 1. The predicted octanol–water partition coefficient (Wildman–Crippen LogP) is 4.35. The second-order valence-electron chi connectivity index (χ2n) is 7.43. The fourth-order valence-corrected chi connectivity index (χ4v) is 3.26. The van der Waals surface area contributed by atoms with Crippen molar-refractivity contribution in [2.45, 2.75) is 19.1 Å². The highest BCUT2D eigenvalue weighted by Gasteiger charge is 2.23. The van der Waals surface area contributed by atoms with Gasteiger partial charge in [0.1, 0.15) is 18.4 Å². The number of carbonyl (C=O) groups excluding carboxylic acids is 1. The van der Waals surface area contributed by atoms with E-state index in [1.54, 1.807) is 24.3 Å². The van der Waals surface area contributed by atoms with E-state index in [-0.39, 0.29) is 12.1 Å². The van der Waals surface area contributed by atoms with Gasteiger partial charge in [-0.05, 0) is 35.4 Å². The van der Waals surface area contributed by atoms with Crippen LogP contribution in [0, 0.1) is 0 Å². The lowest BCUT2D eigenvalue weighted by Crippen LogP contribution is -2.42. The van der Waals surface area contributed by atoms with Crippen LogP contribution in [0.1, 0.15) is 21.6 Å². The summed E-state index contributed by atoms with van der Waals surface area (Å²) in [5.41, 5.74) is 2.60. The second kappa shape index (κ2) is 10.3. The van der Waals surface area contributed by atoms with Crippen LogP contribution in [0.3, 0.4) is 0 Å². The average molecular weight is 442 g/mol. The topological polar surface area (TPSA) is 102 Å². The molecule has 166 valence electrons. The van der Waals surface area contributed by atoms with E-state index in [2.05, 4.69) is 10.5 Å². The molecule has 0 saturated carbocycles. The summed E-state index contributed by atoms with van der Waals surface area (Å²) in [6, 6.07) is 26.6. The van der Waals surface area contributed by atoms with E-state index in [0.717, 1.165) is 11.1 Å². The molecule has 1 unspecified atom stereocenters. The molecule has 1 heterocycles. The summed E-state index contributed by atoms with van der Waals surface area (Å²) in [6.07, 6.45) is 0.164. The van der Waals surface area contributed by atoms with Gasteiger partial charge in [-0.15, -0.1) is 0 Å². The first kappa shape index (κ1) is 21.8. The van der Waals surface area contributed by atoms with Crippen LogP contribution in [0.4, 0.5) is 0 Å². The molecule has 33 heavy (non-hydrogen) atoms. The zero-order valence-corrected chi connectivity index (χ0v) is 17.7. The molecule has 0 aliphatic heterocycles. The molecule has 3 aromatic carbocycles. The summed E-state index contributed by atoms with van der Waals surface area (Å²) >= 11 is 0. The highest BCUT2D eigenvalue weighted by atomic mass is 16.5. The number of rotatable bonds is 9. The van der Waals surface area contributed by atoms with Crippen LogP contribution in [0.5, 0.6) is 5.75 Å². The van der Waals surface area contributed by atoms with Crippen molar-refractivity contribution in [2.75, 3.05) is 0 Å². The summed E-state index contributed by atoms with van der Waals surface area (Å²) in [5, 5.41) is 15.8. The minimum Gasteiger partial charge on any atom is -0.489 e. The van der Waals surface area contributed by atoms with Crippen molar-refractivity contribution in [1.82, 2.24) is 10.5 Å². The molecule has 0 aliphatic rings. The number of nitrogens with one attached hydrogen (secondary N) is 1. The van der Waals surface area contributed by atoms with E-state index < -0.39 is 17.9 Å². The number of aromatic nitrogens is 1. The maximum absolute atomic E-state index is 12.6. The molecule has 4 rings (SSSR count). The fourth-order valence-electron chi connectivity index (χ4n) is 3.26. The van der Waals surface area contributed by atoms with E-state index in [4.69, 9.17) is 9.26 Å². The molecule has 1 atom stereocenters. The lowest BCUT2D eigenvalue weighted by Gasteiger charge is -2.13. The maximum atomic E-state index is 12.6. The van der Waals surface area contributed by atoms with Gasteiger partial charge in [-0.25, -0.2) is 4.79 Å². The summed E-state index contributed by atoms with van der Waals surface area (Å²) in [4.78, 5) is 24.2. The van der Waals surface area contributed by atoms with Gasteiger partial charge in [0.25, 0.3) is 5.91 Å². The van der Waals surface area contributed by atoms with E-state index in [1.165, 1.54) is 6.07 Å². The standard InChI is InChI=1S/C26H22N2O5/c29-25(27-23(26(30)31)15-18-7-3-1-4-8-18)22-16-24(33-28-22)20-11-13-21(14-12-20)32-17-19-9-5-2-6-10-19/h1-14,16,23H,15,17H2,(H,27,29)(H,30,31). The van der Waals surface area contributed by atoms with Crippen molar-refractivity contribution in [2.24, 2.45) is 0 Å². The normalized spacial score (nSPS) is 11.5. The van der Waals surface area contributed by atoms with Gasteiger partial charge in [0.2, 0.25) is 0 Å². The van der Waals surface area contributed by atoms with Gasteiger partial charge in [0, 0.05) is 18.1 Å². The molecule has 1 amide bonds. The van der Waals surface area contributed by atoms with Gasteiger partial charge in [0.15, 0.2) is 11.5 Å². The fraction of sp³-hybridized carbons (Fsp3) is 0.115. The smallest absolute Gasteiger partial charge is 0.326 e. The summed E-state index contributed by atoms with van der Waals surface area (Å²) in [5.74, 6) is -0.645. The highest BCUT2D eigenvalue weighted by molar-refractivity contribution is 5.95. The third-order valence-electron chi connectivity index (χ3n) is 5.02. The lowest BCUT2D eigenvalue weighted by atomic mass is 10.1. The quantitative estimate of drug-likeness (QED) is 0.400. The van der Waals surface area contributed by atoms with Crippen LogP contribution >= 0.6 is 0 Å². The maximum Gasteiger partial charge on any atom is 0.326 e. The molecule has 0 bridgehead atoms.